The molecule has 30 heavy (non-hydrogen) atoms. The first kappa shape index (κ1) is 17.6. The molecule has 0 unspecified atom stereocenters. The number of benzene rings is 2. The van der Waals surface area contributed by atoms with Crippen LogP contribution in [-0.2, 0) is 17.8 Å². The molecule has 1 N–H and O–H groups in total. The van der Waals surface area contributed by atoms with E-state index in [0.29, 0.717) is 18.5 Å². The predicted octanol–water partition coefficient (Wildman–Crippen LogP) is 4.11. The van der Waals surface area contributed by atoms with Gasteiger partial charge in [-0.15, -0.1) is 0 Å². The number of oxazole rings is 1. The minimum atomic E-state index is 0.0809. The van der Waals surface area contributed by atoms with Crippen LogP contribution in [0.5, 0.6) is 0 Å². The van der Waals surface area contributed by atoms with Gasteiger partial charge in [-0.2, -0.15) is 4.98 Å². The monoisotopic (exact) mass is 400 g/mol. The van der Waals surface area contributed by atoms with Crippen LogP contribution in [0.4, 0.5) is 6.01 Å². The molecule has 0 atom stereocenters. The van der Waals surface area contributed by atoms with Crippen LogP contribution in [-0.4, -0.2) is 40.4 Å². The Labute approximate surface area is 174 Å². The average molecular weight is 400 g/mol. The number of nitrogens with zero attached hydrogens (tertiary/aromatic N) is 3. The van der Waals surface area contributed by atoms with Crippen molar-refractivity contribution >= 4 is 33.9 Å². The number of aromatic nitrogens is 2. The van der Waals surface area contributed by atoms with E-state index < -0.39 is 0 Å². The summed E-state index contributed by atoms with van der Waals surface area (Å²) in [6.07, 6.45) is 2.58. The quantitative estimate of drug-likeness (QED) is 0.550. The van der Waals surface area contributed by atoms with Gasteiger partial charge in [0.1, 0.15) is 5.52 Å². The second kappa shape index (κ2) is 6.90. The van der Waals surface area contributed by atoms with Crippen molar-refractivity contribution in [2.24, 2.45) is 5.92 Å². The highest BCUT2D eigenvalue weighted by Crippen LogP contribution is 2.31. The Morgan fingerprint density at radius 2 is 1.83 bits per heavy atom. The van der Waals surface area contributed by atoms with Crippen LogP contribution in [0.2, 0.25) is 0 Å². The Kier molecular flexibility index (Phi) is 4.04. The van der Waals surface area contributed by atoms with Crippen LogP contribution in [0.1, 0.15) is 24.1 Å². The molecular weight excluding hydrogens is 376 g/mol. The van der Waals surface area contributed by atoms with Crippen molar-refractivity contribution < 1.29 is 9.21 Å². The third-order valence-electron chi connectivity index (χ3n) is 6.59. The largest absolute Gasteiger partial charge is 0.423 e. The average Bonchev–Trinajstić information content (AvgIpc) is 3.40. The molecule has 1 amide bonds. The minimum absolute atomic E-state index is 0.0809. The maximum absolute atomic E-state index is 13.3. The molecule has 0 bridgehead atoms. The Morgan fingerprint density at radius 3 is 2.70 bits per heavy atom. The van der Waals surface area contributed by atoms with Crippen molar-refractivity contribution in [3.05, 3.63) is 59.8 Å². The van der Waals surface area contributed by atoms with Gasteiger partial charge in [-0.05, 0) is 31.0 Å². The Balaban J connectivity index is 1.14. The van der Waals surface area contributed by atoms with Gasteiger partial charge in [0.25, 0.3) is 6.01 Å². The highest BCUT2D eigenvalue weighted by atomic mass is 16.4. The first-order chi connectivity index (χ1) is 14.8. The summed E-state index contributed by atoms with van der Waals surface area (Å²) in [5.74, 6) is 0.375. The molecule has 0 radical (unpaired) electrons. The van der Waals surface area contributed by atoms with Crippen LogP contribution in [0.25, 0.3) is 22.0 Å². The van der Waals surface area contributed by atoms with Crippen molar-refractivity contribution in [2.75, 3.05) is 24.5 Å². The number of rotatable bonds is 2. The molecule has 6 rings (SSSR count). The lowest BCUT2D eigenvalue weighted by Crippen LogP contribution is -2.44. The molecule has 2 aromatic carbocycles. The van der Waals surface area contributed by atoms with E-state index in [2.05, 4.69) is 44.0 Å². The molecule has 152 valence electrons. The second-order valence-electron chi connectivity index (χ2n) is 8.36. The first-order valence-corrected chi connectivity index (χ1v) is 10.7. The molecule has 0 saturated carbocycles. The van der Waals surface area contributed by atoms with E-state index >= 15 is 0 Å². The first-order valence-electron chi connectivity index (χ1n) is 10.7. The zero-order valence-corrected chi connectivity index (χ0v) is 16.8. The summed E-state index contributed by atoms with van der Waals surface area (Å²) in [5, 5.41) is 1.25. The smallest absolute Gasteiger partial charge is 0.298 e. The molecule has 6 nitrogen and oxygen atoms in total. The zero-order chi connectivity index (χ0) is 20.1. The summed E-state index contributed by atoms with van der Waals surface area (Å²) >= 11 is 0. The van der Waals surface area contributed by atoms with E-state index in [1.165, 1.54) is 22.2 Å². The number of hydrogen-bond donors (Lipinski definition) is 1. The van der Waals surface area contributed by atoms with E-state index in [0.717, 1.165) is 50.0 Å². The van der Waals surface area contributed by atoms with Gasteiger partial charge < -0.3 is 19.2 Å². The number of piperidine rings is 1. The number of fused-ring (bicyclic) bond motifs is 4. The fraction of sp³-hybridized carbons (Fsp3) is 0.333. The van der Waals surface area contributed by atoms with Gasteiger partial charge in [-0.3, -0.25) is 4.79 Å². The Hall–Kier alpha value is -3.28. The summed E-state index contributed by atoms with van der Waals surface area (Å²) in [6, 6.07) is 16.9. The highest BCUT2D eigenvalue weighted by molar-refractivity contribution is 5.86. The summed E-state index contributed by atoms with van der Waals surface area (Å²) in [6.45, 7) is 3.11. The Morgan fingerprint density at radius 1 is 1.03 bits per heavy atom. The fourth-order valence-electron chi connectivity index (χ4n) is 4.93. The van der Waals surface area contributed by atoms with E-state index in [-0.39, 0.29) is 5.92 Å². The normalized spacial score (nSPS) is 17.6. The number of anilines is 1. The van der Waals surface area contributed by atoms with Gasteiger partial charge in [0.15, 0.2) is 5.58 Å². The van der Waals surface area contributed by atoms with Gasteiger partial charge in [-0.25, -0.2) is 0 Å². The number of carbonyl (C=O) groups is 1. The van der Waals surface area contributed by atoms with E-state index in [9.17, 15) is 4.79 Å². The molecule has 2 aliphatic heterocycles. The second-order valence-corrected chi connectivity index (χ2v) is 8.36. The van der Waals surface area contributed by atoms with Gasteiger partial charge in [0.2, 0.25) is 5.91 Å². The van der Waals surface area contributed by atoms with Gasteiger partial charge in [0, 0.05) is 60.7 Å². The number of para-hydroxylation sites is 3. The summed E-state index contributed by atoms with van der Waals surface area (Å²) < 4.78 is 5.91. The molecule has 1 fully saturated rings. The van der Waals surface area contributed by atoms with Gasteiger partial charge in [-0.1, -0.05) is 30.3 Å². The lowest BCUT2D eigenvalue weighted by molar-refractivity contribution is -0.137. The van der Waals surface area contributed by atoms with Crippen LogP contribution in [0, 0.1) is 5.92 Å². The fourth-order valence-corrected chi connectivity index (χ4v) is 4.93. The Bertz CT molecular complexity index is 1200. The number of aromatic amines is 1. The van der Waals surface area contributed by atoms with Crippen LogP contribution >= 0.6 is 0 Å². The van der Waals surface area contributed by atoms with Gasteiger partial charge in [0.05, 0.1) is 0 Å². The van der Waals surface area contributed by atoms with Crippen LogP contribution in [0.3, 0.4) is 0 Å². The summed E-state index contributed by atoms with van der Waals surface area (Å²) in [7, 11) is 0. The SMILES string of the molecule is O=C(C1CCN(c2nc3ccccc3o2)CC1)N1CCc2[nH]c3ccccc3c2C1. The summed E-state index contributed by atoms with van der Waals surface area (Å²) in [5.41, 5.74) is 5.44. The molecule has 2 aromatic heterocycles. The number of nitrogens with one attached hydrogen (secondary N) is 1. The van der Waals surface area contributed by atoms with Crippen LogP contribution < -0.4 is 4.90 Å². The number of H-pyrrole nitrogens is 1. The van der Waals surface area contributed by atoms with Gasteiger partial charge >= 0.3 is 0 Å². The molecule has 1 saturated heterocycles. The third-order valence-corrected chi connectivity index (χ3v) is 6.59. The maximum atomic E-state index is 13.3. The number of amides is 1. The molecule has 0 aliphatic carbocycles. The van der Waals surface area contributed by atoms with E-state index in [1.807, 2.05) is 24.3 Å². The number of carbonyl (C=O) groups excluding carboxylic acids is 1. The molecule has 6 heteroatoms. The third kappa shape index (κ3) is 2.86. The van der Waals surface area contributed by atoms with Crippen molar-refractivity contribution in [3.63, 3.8) is 0 Å². The van der Waals surface area contributed by atoms with E-state index in [4.69, 9.17) is 4.42 Å². The van der Waals surface area contributed by atoms with Crippen molar-refractivity contribution in [1.29, 1.82) is 0 Å². The summed E-state index contributed by atoms with van der Waals surface area (Å²) in [4.78, 5) is 25.6. The lowest BCUT2D eigenvalue weighted by Gasteiger charge is -2.35. The van der Waals surface area contributed by atoms with E-state index in [1.54, 1.807) is 0 Å². The number of hydrogen-bond acceptors (Lipinski definition) is 4. The maximum Gasteiger partial charge on any atom is 0.298 e. The lowest BCUT2D eigenvalue weighted by atomic mass is 9.94. The van der Waals surface area contributed by atoms with Crippen molar-refractivity contribution in [3.8, 4) is 0 Å². The molecular formula is C24H24N4O2. The highest BCUT2D eigenvalue weighted by Gasteiger charge is 2.32. The molecule has 0 spiro atoms. The topological polar surface area (TPSA) is 65.4 Å². The molecule has 2 aliphatic rings. The molecule has 4 heterocycles. The zero-order valence-electron chi connectivity index (χ0n) is 16.8. The van der Waals surface area contributed by atoms with Crippen LogP contribution in [0.15, 0.2) is 52.9 Å². The molecule has 4 aromatic rings. The van der Waals surface area contributed by atoms with Crippen molar-refractivity contribution in [1.82, 2.24) is 14.9 Å². The minimum Gasteiger partial charge on any atom is -0.423 e. The predicted molar refractivity (Wildman–Crippen MR) is 116 cm³/mol. The standard InChI is InChI=1S/C24H24N4O2/c29-23(28-14-11-20-18(15-28)17-5-1-2-6-19(17)25-20)16-9-12-27(13-10-16)24-26-21-7-3-4-8-22(21)30-24/h1-8,16,25H,9-15H2. The van der Waals surface area contributed by atoms with Crippen molar-refractivity contribution in [2.45, 2.75) is 25.8 Å².